The van der Waals surface area contributed by atoms with Crippen molar-refractivity contribution in [1.29, 1.82) is 0 Å². The van der Waals surface area contributed by atoms with Crippen LogP contribution in [-0.2, 0) is 0 Å². The van der Waals surface area contributed by atoms with E-state index in [-0.39, 0.29) is 34.4 Å². The molecule has 1 aromatic rings. The van der Waals surface area contributed by atoms with Crippen LogP contribution in [0.4, 0.5) is 0 Å². The van der Waals surface area contributed by atoms with Gasteiger partial charge in [-0.25, -0.2) is 4.98 Å². The van der Waals surface area contributed by atoms with Crippen molar-refractivity contribution in [3.8, 4) is 0 Å². The second-order valence-electron chi connectivity index (χ2n) is 3.97. The second-order valence-corrected chi connectivity index (χ2v) is 4.77. The van der Waals surface area contributed by atoms with Crippen molar-refractivity contribution >= 4 is 29.1 Å². The minimum Gasteiger partial charge on any atom is -0.394 e. The van der Waals surface area contributed by atoms with Crippen LogP contribution in [0.15, 0.2) is 12.1 Å². The molecule has 1 amide bonds. The summed E-state index contributed by atoms with van der Waals surface area (Å²) in [4.78, 5) is 15.7. The zero-order valence-electron chi connectivity index (χ0n) is 9.58. The molecule has 1 unspecified atom stereocenters. The first-order chi connectivity index (χ1) is 7.95. The molecule has 1 heterocycles. The summed E-state index contributed by atoms with van der Waals surface area (Å²) in [7, 11) is 0. The average Bonchev–Trinajstić information content (AvgIpc) is 2.28. The lowest BCUT2D eigenvalue weighted by Crippen LogP contribution is -2.41. The first-order valence-electron chi connectivity index (χ1n) is 5.19. The number of halogens is 2. The van der Waals surface area contributed by atoms with Gasteiger partial charge >= 0.3 is 0 Å². The van der Waals surface area contributed by atoms with Crippen molar-refractivity contribution in [3.63, 3.8) is 0 Å². The first kappa shape index (κ1) is 14.2. The molecule has 0 saturated heterocycles. The number of aliphatic hydroxyl groups is 1. The Labute approximate surface area is 110 Å². The molecule has 0 aliphatic rings. The van der Waals surface area contributed by atoms with Crippen molar-refractivity contribution in [2.75, 3.05) is 6.61 Å². The van der Waals surface area contributed by atoms with E-state index in [0.717, 1.165) is 0 Å². The maximum Gasteiger partial charge on any atom is 0.271 e. The van der Waals surface area contributed by atoms with Gasteiger partial charge in [-0.05, 0) is 18.1 Å². The van der Waals surface area contributed by atoms with Gasteiger partial charge in [0.1, 0.15) is 10.8 Å². The highest BCUT2D eigenvalue weighted by Gasteiger charge is 2.19. The van der Waals surface area contributed by atoms with E-state index < -0.39 is 5.91 Å². The normalized spacial score (nSPS) is 12.6. The summed E-state index contributed by atoms with van der Waals surface area (Å²) >= 11 is 11.5. The van der Waals surface area contributed by atoms with E-state index in [1.54, 1.807) is 0 Å². The Morgan fingerprint density at radius 2 is 2.12 bits per heavy atom. The van der Waals surface area contributed by atoms with Gasteiger partial charge in [-0.15, -0.1) is 0 Å². The summed E-state index contributed by atoms with van der Waals surface area (Å²) in [5.41, 5.74) is 0.0678. The number of nitrogens with zero attached hydrogens (tertiary/aromatic N) is 1. The fraction of sp³-hybridized carbons (Fsp3) is 0.455. The molecule has 0 fully saturated rings. The highest BCUT2D eigenvalue weighted by atomic mass is 35.5. The van der Waals surface area contributed by atoms with Crippen molar-refractivity contribution in [2.45, 2.75) is 19.9 Å². The molecule has 0 spiro atoms. The van der Waals surface area contributed by atoms with Gasteiger partial charge < -0.3 is 10.4 Å². The lowest BCUT2D eigenvalue weighted by Gasteiger charge is -2.19. The molecule has 17 heavy (non-hydrogen) atoms. The van der Waals surface area contributed by atoms with Crippen LogP contribution < -0.4 is 5.32 Å². The van der Waals surface area contributed by atoms with E-state index in [4.69, 9.17) is 28.3 Å². The van der Waals surface area contributed by atoms with Gasteiger partial charge in [0.15, 0.2) is 0 Å². The van der Waals surface area contributed by atoms with E-state index >= 15 is 0 Å². The minimum atomic E-state index is -0.440. The van der Waals surface area contributed by atoms with Crippen LogP contribution in [0.2, 0.25) is 10.2 Å². The van der Waals surface area contributed by atoms with E-state index in [0.29, 0.717) is 0 Å². The van der Waals surface area contributed by atoms with Gasteiger partial charge in [-0.2, -0.15) is 0 Å². The monoisotopic (exact) mass is 276 g/mol. The molecule has 0 aliphatic carbocycles. The molecule has 94 valence electrons. The fourth-order valence-corrected chi connectivity index (χ4v) is 1.58. The van der Waals surface area contributed by atoms with Gasteiger partial charge in [-0.1, -0.05) is 37.0 Å². The van der Waals surface area contributed by atoms with Crippen molar-refractivity contribution in [2.24, 2.45) is 5.92 Å². The highest BCUT2D eigenvalue weighted by Crippen LogP contribution is 2.17. The predicted molar refractivity (Wildman–Crippen MR) is 67.4 cm³/mol. The third kappa shape index (κ3) is 3.84. The number of hydrogen-bond acceptors (Lipinski definition) is 3. The zero-order chi connectivity index (χ0) is 13.0. The van der Waals surface area contributed by atoms with E-state index in [2.05, 4.69) is 10.3 Å². The summed E-state index contributed by atoms with van der Waals surface area (Å²) in [5, 5.41) is 12.2. The number of aromatic nitrogens is 1. The van der Waals surface area contributed by atoms with Crippen LogP contribution in [0, 0.1) is 5.92 Å². The maximum absolute atomic E-state index is 11.9. The van der Waals surface area contributed by atoms with Gasteiger partial charge in [0.2, 0.25) is 0 Å². The Morgan fingerprint density at radius 3 is 2.65 bits per heavy atom. The number of rotatable bonds is 4. The Kier molecular flexibility index (Phi) is 5.18. The van der Waals surface area contributed by atoms with Gasteiger partial charge in [0.25, 0.3) is 5.91 Å². The van der Waals surface area contributed by atoms with Gasteiger partial charge in [-0.3, -0.25) is 4.79 Å². The summed E-state index contributed by atoms with van der Waals surface area (Å²) in [6.45, 7) is 3.66. The minimum absolute atomic E-state index is 0.0678. The Morgan fingerprint density at radius 1 is 1.47 bits per heavy atom. The number of hydrogen-bond donors (Lipinski definition) is 2. The number of nitrogens with one attached hydrogen (secondary N) is 1. The lowest BCUT2D eigenvalue weighted by atomic mass is 10.1. The molecule has 1 aromatic heterocycles. The molecular weight excluding hydrogens is 263 g/mol. The molecule has 2 N–H and O–H groups in total. The molecular formula is C11H14Cl2N2O2. The van der Waals surface area contributed by atoms with E-state index in [9.17, 15) is 4.79 Å². The molecule has 0 aromatic carbocycles. The molecule has 0 aliphatic heterocycles. The van der Waals surface area contributed by atoms with Crippen molar-refractivity contribution in [3.05, 3.63) is 28.0 Å². The zero-order valence-corrected chi connectivity index (χ0v) is 11.1. The third-order valence-electron chi connectivity index (χ3n) is 2.35. The molecule has 1 atom stereocenters. The van der Waals surface area contributed by atoms with Crippen LogP contribution >= 0.6 is 23.2 Å². The fourth-order valence-electron chi connectivity index (χ4n) is 1.24. The summed E-state index contributed by atoms with van der Waals surface area (Å²) in [5.74, 6) is -0.327. The number of carbonyl (C=O) groups excluding carboxylic acids is 1. The second kappa shape index (κ2) is 6.19. The van der Waals surface area contributed by atoms with Crippen molar-refractivity contribution < 1.29 is 9.90 Å². The van der Waals surface area contributed by atoms with Crippen LogP contribution in [0.1, 0.15) is 24.3 Å². The molecule has 0 saturated carbocycles. The summed E-state index contributed by atoms with van der Waals surface area (Å²) in [6.07, 6.45) is 0. The average molecular weight is 277 g/mol. The lowest BCUT2D eigenvalue weighted by molar-refractivity contribution is 0.0892. The molecule has 0 bridgehead atoms. The predicted octanol–water partition coefficient (Wildman–Crippen LogP) is 2.14. The van der Waals surface area contributed by atoms with Crippen LogP contribution in [0.3, 0.4) is 0 Å². The Balaban J connectivity index is 2.86. The van der Waals surface area contributed by atoms with Crippen LogP contribution in [-0.4, -0.2) is 28.6 Å². The third-order valence-corrected chi connectivity index (χ3v) is 2.86. The quantitative estimate of drug-likeness (QED) is 0.829. The molecule has 6 heteroatoms. The summed E-state index contributed by atoms with van der Waals surface area (Å²) < 4.78 is 0. The summed E-state index contributed by atoms with van der Waals surface area (Å²) in [6, 6.07) is 2.68. The number of aliphatic hydroxyl groups excluding tert-OH is 1. The Hall–Kier alpha value is -0.840. The molecule has 0 radical (unpaired) electrons. The smallest absolute Gasteiger partial charge is 0.271 e. The Bertz CT molecular complexity index is 410. The van der Waals surface area contributed by atoms with E-state index in [1.165, 1.54) is 12.1 Å². The highest BCUT2D eigenvalue weighted by molar-refractivity contribution is 6.34. The van der Waals surface area contributed by atoms with Crippen LogP contribution in [0.5, 0.6) is 0 Å². The topological polar surface area (TPSA) is 62.2 Å². The van der Waals surface area contributed by atoms with Crippen molar-refractivity contribution in [1.82, 2.24) is 10.3 Å². The van der Waals surface area contributed by atoms with Crippen LogP contribution in [0.25, 0.3) is 0 Å². The van der Waals surface area contributed by atoms with E-state index in [1.807, 2.05) is 13.8 Å². The first-order valence-corrected chi connectivity index (χ1v) is 5.95. The number of amides is 1. The standard InChI is InChI=1S/C11H14Cl2N2O2/c1-6(2)8(5-16)14-11(17)10-7(12)3-4-9(13)15-10/h3-4,6,8,16H,5H2,1-2H3,(H,14,17). The molecule has 1 rings (SSSR count). The van der Waals surface area contributed by atoms with Gasteiger partial charge in [0, 0.05) is 0 Å². The maximum atomic E-state index is 11.9. The van der Waals surface area contributed by atoms with Gasteiger partial charge in [0.05, 0.1) is 17.7 Å². The number of carbonyl (C=O) groups is 1. The largest absolute Gasteiger partial charge is 0.394 e. The number of pyridine rings is 1. The molecule has 4 nitrogen and oxygen atoms in total. The SMILES string of the molecule is CC(C)C(CO)NC(=O)c1nc(Cl)ccc1Cl.